The van der Waals surface area contributed by atoms with Crippen molar-refractivity contribution in [3.63, 3.8) is 0 Å². The van der Waals surface area contributed by atoms with Crippen LogP contribution in [0.1, 0.15) is 30.1 Å². The van der Waals surface area contributed by atoms with Gasteiger partial charge in [0.25, 0.3) is 5.91 Å². The molecule has 2 rings (SSSR count). The molecule has 1 heterocycles. The van der Waals surface area contributed by atoms with Gasteiger partial charge in [-0.25, -0.2) is 4.79 Å². The molecule has 1 amide bonds. The number of fused-ring (bicyclic) bond motifs is 1. The van der Waals surface area contributed by atoms with Crippen molar-refractivity contribution >= 4 is 23.5 Å². The molecule has 0 radical (unpaired) electrons. The number of rotatable bonds is 5. The maximum Gasteiger partial charge on any atom is 0.326 e. The maximum atomic E-state index is 12.1. The second kappa shape index (κ2) is 6.67. The van der Waals surface area contributed by atoms with Crippen LogP contribution in [0.15, 0.2) is 12.1 Å². The van der Waals surface area contributed by atoms with E-state index in [1.54, 1.807) is 0 Å². The van der Waals surface area contributed by atoms with Crippen LogP contribution < -0.4 is 14.8 Å². The minimum Gasteiger partial charge on any atom is -0.486 e. The highest BCUT2D eigenvalue weighted by molar-refractivity contribution is 6.32. The fraction of sp³-hybridized carbons (Fsp3) is 0.429. The molecule has 1 aromatic rings. The summed E-state index contributed by atoms with van der Waals surface area (Å²) in [6.07, 6.45) is 1.01. The predicted molar refractivity (Wildman–Crippen MR) is 76.2 cm³/mol. The molecule has 2 N–H and O–H groups in total. The van der Waals surface area contributed by atoms with Gasteiger partial charge in [0.05, 0.1) is 5.02 Å². The molecule has 0 fully saturated rings. The molecule has 21 heavy (non-hydrogen) atoms. The Hall–Kier alpha value is -1.95. The lowest BCUT2D eigenvalue weighted by Gasteiger charge is -2.20. The van der Waals surface area contributed by atoms with E-state index in [0.717, 1.165) is 0 Å². The van der Waals surface area contributed by atoms with E-state index in [1.165, 1.54) is 12.1 Å². The summed E-state index contributed by atoms with van der Waals surface area (Å²) in [4.78, 5) is 23.2. The van der Waals surface area contributed by atoms with Crippen LogP contribution in [-0.2, 0) is 4.79 Å². The van der Waals surface area contributed by atoms with Crippen LogP contribution in [0, 0.1) is 0 Å². The van der Waals surface area contributed by atoms with Gasteiger partial charge in [-0.3, -0.25) is 4.79 Å². The van der Waals surface area contributed by atoms with Crippen molar-refractivity contribution in [2.75, 3.05) is 13.2 Å². The smallest absolute Gasteiger partial charge is 0.326 e. The van der Waals surface area contributed by atoms with E-state index in [0.29, 0.717) is 37.6 Å². The van der Waals surface area contributed by atoms with Crippen LogP contribution in [0.25, 0.3) is 0 Å². The van der Waals surface area contributed by atoms with E-state index in [9.17, 15) is 9.59 Å². The topological polar surface area (TPSA) is 84.9 Å². The van der Waals surface area contributed by atoms with Crippen LogP contribution in [0.3, 0.4) is 0 Å². The van der Waals surface area contributed by atoms with E-state index in [1.807, 2.05) is 6.92 Å². The standard InChI is InChI=1S/C14H16ClNO5/c1-2-3-10(14(18)19)16-13(17)8-6-9(15)12-11(7-8)20-4-5-21-12/h6-7,10H,2-5H2,1H3,(H,16,17)(H,18,19)/t10-/m0/s1. The third-order valence-electron chi connectivity index (χ3n) is 3.04. The summed E-state index contributed by atoms with van der Waals surface area (Å²) in [5.41, 5.74) is 0.242. The predicted octanol–water partition coefficient (Wildman–Crippen LogP) is 2.09. The van der Waals surface area contributed by atoms with Crippen molar-refractivity contribution < 1.29 is 24.2 Å². The summed E-state index contributed by atoms with van der Waals surface area (Å²) in [6.45, 7) is 2.63. The van der Waals surface area contributed by atoms with Crippen LogP contribution in [-0.4, -0.2) is 36.2 Å². The van der Waals surface area contributed by atoms with Gasteiger partial charge < -0.3 is 19.9 Å². The number of aliphatic carboxylic acids is 1. The van der Waals surface area contributed by atoms with Gasteiger partial charge in [0.1, 0.15) is 19.3 Å². The van der Waals surface area contributed by atoms with E-state index >= 15 is 0 Å². The van der Waals surface area contributed by atoms with Crippen molar-refractivity contribution in [3.05, 3.63) is 22.7 Å². The molecule has 6 nitrogen and oxygen atoms in total. The highest BCUT2D eigenvalue weighted by Gasteiger charge is 2.23. The van der Waals surface area contributed by atoms with Crippen molar-refractivity contribution in [1.29, 1.82) is 0 Å². The lowest BCUT2D eigenvalue weighted by atomic mass is 10.1. The number of ether oxygens (including phenoxy) is 2. The van der Waals surface area contributed by atoms with Gasteiger partial charge in [-0.1, -0.05) is 24.9 Å². The van der Waals surface area contributed by atoms with Crippen LogP contribution >= 0.6 is 11.6 Å². The molecule has 1 aromatic carbocycles. The second-order valence-electron chi connectivity index (χ2n) is 4.64. The number of nitrogens with one attached hydrogen (secondary N) is 1. The molecule has 0 aromatic heterocycles. The molecule has 0 spiro atoms. The van der Waals surface area contributed by atoms with Gasteiger partial charge in [-0.15, -0.1) is 0 Å². The van der Waals surface area contributed by atoms with E-state index in [2.05, 4.69) is 5.32 Å². The zero-order valence-corrected chi connectivity index (χ0v) is 12.3. The number of carboxylic acid groups (broad SMARTS) is 1. The Labute approximate surface area is 127 Å². The number of carboxylic acids is 1. The first-order valence-electron chi connectivity index (χ1n) is 6.65. The summed E-state index contributed by atoms with van der Waals surface area (Å²) in [5.74, 6) is -0.771. The average Bonchev–Trinajstić information content (AvgIpc) is 2.46. The zero-order chi connectivity index (χ0) is 15.4. The number of halogens is 1. The molecular formula is C14H16ClNO5. The summed E-state index contributed by atoms with van der Waals surface area (Å²) in [7, 11) is 0. The van der Waals surface area contributed by atoms with Gasteiger partial charge >= 0.3 is 5.97 Å². The van der Waals surface area contributed by atoms with Gasteiger partial charge in [0.15, 0.2) is 11.5 Å². The van der Waals surface area contributed by atoms with Crippen LogP contribution in [0.5, 0.6) is 11.5 Å². The molecule has 0 bridgehead atoms. The SMILES string of the molecule is CCC[C@H](NC(=O)c1cc(Cl)c2c(c1)OCCO2)C(=O)O. The largest absolute Gasteiger partial charge is 0.486 e. The van der Waals surface area contributed by atoms with E-state index in [-0.39, 0.29) is 10.6 Å². The quantitative estimate of drug-likeness (QED) is 0.869. The normalized spacial score (nSPS) is 14.4. The molecule has 1 atom stereocenters. The summed E-state index contributed by atoms with van der Waals surface area (Å²) in [5, 5.41) is 11.8. The van der Waals surface area contributed by atoms with Crippen molar-refractivity contribution in [2.24, 2.45) is 0 Å². The van der Waals surface area contributed by atoms with Crippen molar-refractivity contribution in [3.8, 4) is 11.5 Å². The first-order chi connectivity index (χ1) is 10.0. The zero-order valence-electron chi connectivity index (χ0n) is 11.5. The fourth-order valence-corrected chi connectivity index (χ4v) is 2.29. The summed E-state index contributed by atoms with van der Waals surface area (Å²) >= 11 is 6.05. The van der Waals surface area contributed by atoms with Crippen molar-refractivity contribution in [1.82, 2.24) is 5.32 Å². The minimum absolute atomic E-state index is 0.242. The Kier molecular flexibility index (Phi) is 4.90. The second-order valence-corrected chi connectivity index (χ2v) is 5.04. The Bertz CT molecular complexity index is 561. The van der Waals surface area contributed by atoms with Gasteiger partial charge in [0.2, 0.25) is 0 Å². The highest BCUT2D eigenvalue weighted by atomic mass is 35.5. The van der Waals surface area contributed by atoms with Gasteiger partial charge in [-0.05, 0) is 18.6 Å². The fourth-order valence-electron chi connectivity index (χ4n) is 2.03. The molecule has 0 saturated heterocycles. The third kappa shape index (κ3) is 3.58. The Balaban J connectivity index is 2.19. The lowest BCUT2D eigenvalue weighted by molar-refractivity contribution is -0.139. The average molecular weight is 314 g/mol. The maximum absolute atomic E-state index is 12.1. The first-order valence-corrected chi connectivity index (χ1v) is 7.03. The number of carbonyl (C=O) groups is 2. The molecule has 1 aliphatic rings. The lowest BCUT2D eigenvalue weighted by Crippen LogP contribution is -2.40. The molecule has 7 heteroatoms. The molecule has 0 unspecified atom stereocenters. The number of carbonyl (C=O) groups excluding carboxylic acids is 1. The summed E-state index contributed by atoms with van der Waals surface area (Å²) in [6, 6.07) is 2.02. The Morgan fingerprint density at radius 1 is 1.38 bits per heavy atom. The number of hydrogen-bond donors (Lipinski definition) is 2. The first kappa shape index (κ1) is 15.4. The highest BCUT2D eigenvalue weighted by Crippen LogP contribution is 2.38. The van der Waals surface area contributed by atoms with Crippen molar-refractivity contribution in [2.45, 2.75) is 25.8 Å². The molecule has 0 aliphatic carbocycles. The van der Waals surface area contributed by atoms with Gasteiger partial charge in [0, 0.05) is 5.56 Å². The molecule has 0 saturated carbocycles. The van der Waals surface area contributed by atoms with E-state index < -0.39 is 17.9 Å². The third-order valence-corrected chi connectivity index (χ3v) is 3.32. The Morgan fingerprint density at radius 2 is 2.10 bits per heavy atom. The van der Waals surface area contributed by atoms with Gasteiger partial charge in [-0.2, -0.15) is 0 Å². The molecular weight excluding hydrogens is 298 g/mol. The van der Waals surface area contributed by atoms with E-state index in [4.69, 9.17) is 26.2 Å². The molecule has 1 aliphatic heterocycles. The number of benzene rings is 1. The molecule has 114 valence electrons. The Morgan fingerprint density at radius 3 is 2.76 bits per heavy atom. The van der Waals surface area contributed by atoms with Crippen LogP contribution in [0.4, 0.5) is 0 Å². The monoisotopic (exact) mass is 313 g/mol. The number of amides is 1. The summed E-state index contributed by atoms with van der Waals surface area (Å²) < 4.78 is 10.8. The number of hydrogen-bond acceptors (Lipinski definition) is 4. The van der Waals surface area contributed by atoms with Crippen LogP contribution in [0.2, 0.25) is 5.02 Å². The minimum atomic E-state index is -1.06.